The molecule has 0 bridgehead atoms. The molecule has 31 nitrogen and oxygen atoms in total. The standard InChI is InChI=1S/C20H28N10O21P4/c21-19-25-13-7(15(35)27-19)23-3-29(13)17-11(33)9(31)5(47-17)1-45-52(37,38)49-54(41,42)51-55(43,44)50-53(39,40)46-2-6-10(32)12(34)18(48-6)30-4-24-8-14(30)26-20(22)28-16(8)36/h3-6,9-12,17-18,31-34H,1-2H2,(H10,21,22,25,26,27,28,35,36,37,38,39,40,41,42,43,44)/p+1. The van der Waals surface area contributed by atoms with Gasteiger partial charge >= 0.3 is 36.9 Å². The number of anilines is 2. The van der Waals surface area contributed by atoms with Crippen molar-refractivity contribution in [3.8, 4) is 0 Å². The number of nitrogens with two attached hydrogens (primary N) is 2. The van der Waals surface area contributed by atoms with Gasteiger partial charge in [0.05, 0.1) is 19.5 Å². The number of ether oxygens (including phenoxy) is 2. The first-order valence-corrected chi connectivity index (χ1v) is 20.7. The molecule has 4 aromatic rings. The number of aliphatic hydroxyl groups is 4. The van der Waals surface area contributed by atoms with Crippen molar-refractivity contribution < 1.29 is 94.3 Å². The van der Waals surface area contributed by atoms with Crippen LogP contribution in [0.15, 0.2) is 22.2 Å². The molecule has 12 unspecified atom stereocenters. The fraction of sp³-hybridized carbons (Fsp3) is 0.500. The van der Waals surface area contributed by atoms with E-state index in [1.807, 2.05) is 0 Å². The van der Waals surface area contributed by atoms with Gasteiger partial charge in [-0.1, -0.05) is 4.98 Å². The molecule has 4 aromatic heterocycles. The Hall–Kier alpha value is -3.38. The summed E-state index contributed by atoms with van der Waals surface area (Å²) in [5, 5.41) is 41.8. The lowest BCUT2D eigenvalue weighted by atomic mass is 10.1. The Bertz CT molecular complexity index is 2260. The van der Waals surface area contributed by atoms with E-state index in [0.717, 1.165) is 21.8 Å². The quantitative estimate of drug-likeness (QED) is 0.0420. The first-order valence-electron chi connectivity index (χ1n) is 14.7. The summed E-state index contributed by atoms with van der Waals surface area (Å²) >= 11 is 0. The van der Waals surface area contributed by atoms with Crippen LogP contribution in [-0.2, 0) is 49.7 Å². The number of phosphoric acid groups is 4. The predicted octanol–water partition coefficient (Wildman–Crippen LogP) is -4.44. The van der Waals surface area contributed by atoms with Gasteiger partial charge in [0.1, 0.15) is 36.6 Å². The molecule has 2 aliphatic heterocycles. The summed E-state index contributed by atoms with van der Waals surface area (Å²) in [6.07, 6.45) is -11.7. The molecule has 2 fully saturated rings. The van der Waals surface area contributed by atoms with Crippen molar-refractivity contribution >= 4 is 65.5 Å². The average molecular weight is 869 g/mol. The Morgan fingerprint density at radius 2 is 1.29 bits per heavy atom. The molecule has 0 aromatic carbocycles. The average Bonchev–Trinajstić information content (AvgIpc) is 3.79. The zero-order valence-electron chi connectivity index (χ0n) is 26.8. The lowest BCUT2D eigenvalue weighted by Crippen LogP contribution is -2.46. The summed E-state index contributed by atoms with van der Waals surface area (Å²) < 4.78 is 83.0. The van der Waals surface area contributed by atoms with Crippen molar-refractivity contribution in [2.24, 2.45) is 0 Å². The van der Waals surface area contributed by atoms with Gasteiger partial charge in [0.15, 0.2) is 23.7 Å². The molecule has 2 saturated heterocycles. The largest absolute Gasteiger partial charge is 0.490 e. The Kier molecular flexibility index (Phi) is 11.1. The molecule has 6 heterocycles. The van der Waals surface area contributed by atoms with Crippen molar-refractivity contribution in [2.75, 3.05) is 24.7 Å². The fourth-order valence-corrected chi connectivity index (χ4v) is 10.3. The number of aromatic amines is 3. The minimum absolute atomic E-state index is 0.111. The van der Waals surface area contributed by atoms with Crippen LogP contribution in [0.25, 0.3) is 22.3 Å². The van der Waals surface area contributed by atoms with Crippen molar-refractivity contribution in [2.45, 2.75) is 49.1 Å². The Morgan fingerprint density at radius 3 is 1.91 bits per heavy atom. The number of aromatic nitrogens is 8. The third-order valence-electron chi connectivity index (χ3n) is 7.61. The van der Waals surface area contributed by atoms with Crippen molar-refractivity contribution in [1.29, 1.82) is 0 Å². The van der Waals surface area contributed by atoms with Crippen LogP contribution in [0.4, 0.5) is 11.9 Å². The number of imidazole rings is 2. The van der Waals surface area contributed by atoms with Gasteiger partial charge in [-0.25, -0.2) is 27.8 Å². The maximum absolute atomic E-state index is 12.4. The van der Waals surface area contributed by atoms with Crippen LogP contribution in [0.1, 0.15) is 12.5 Å². The lowest BCUT2D eigenvalue weighted by Gasteiger charge is -2.21. The summed E-state index contributed by atoms with van der Waals surface area (Å²) in [7, 11) is -24.1. The van der Waals surface area contributed by atoms with Gasteiger partial charge in [-0.15, -0.1) is 0 Å². The minimum Gasteiger partial charge on any atom is -0.387 e. The Balaban J connectivity index is 1.02. The topological polar surface area (TPSA) is 476 Å². The molecule has 2 aliphatic rings. The third-order valence-corrected chi connectivity index (χ3v) is 13.5. The van der Waals surface area contributed by atoms with Gasteiger partial charge in [0, 0.05) is 0 Å². The molecule has 15 N–H and O–H groups in total. The molecule has 35 heteroatoms. The predicted molar refractivity (Wildman–Crippen MR) is 170 cm³/mol. The third kappa shape index (κ3) is 8.80. The minimum atomic E-state index is -6.24. The molecule has 55 heavy (non-hydrogen) atoms. The molecule has 0 radical (unpaired) electrons. The van der Waals surface area contributed by atoms with Crippen LogP contribution in [0.2, 0.25) is 0 Å². The molecule has 304 valence electrons. The Labute approximate surface area is 301 Å². The second kappa shape index (κ2) is 14.8. The van der Waals surface area contributed by atoms with Gasteiger partial charge < -0.3 is 60.9 Å². The molecule has 0 saturated carbocycles. The number of H-pyrrole nitrogens is 3. The highest BCUT2D eigenvalue weighted by atomic mass is 31.3. The van der Waals surface area contributed by atoms with E-state index in [2.05, 4.69) is 51.9 Å². The molecule has 6 rings (SSSR count). The molecule has 0 amide bonds. The number of phosphoric ester groups is 2. The van der Waals surface area contributed by atoms with Gasteiger partial charge in [-0.3, -0.25) is 38.2 Å². The number of hydrogen-bond donors (Lipinski definition) is 13. The smallest absolute Gasteiger partial charge is 0.387 e. The second-order valence-corrected chi connectivity index (χ2v) is 17.6. The Morgan fingerprint density at radius 1 is 0.764 bits per heavy atom. The molecule has 12 atom stereocenters. The van der Waals surface area contributed by atoms with Gasteiger partial charge in [0.2, 0.25) is 17.7 Å². The van der Waals surface area contributed by atoms with Crippen molar-refractivity contribution in [1.82, 2.24) is 34.5 Å². The number of aliphatic hydroxyl groups excluding tert-OH is 4. The van der Waals surface area contributed by atoms with Crippen LogP contribution in [0.5, 0.6) is 0 Å². The van der Waals surface area contributed by atoms with Crippen molar-refractivity contribution in [3.05, 3.63) is 33.4 Å². The van der Waals surface area contributed by atoms with E-state index in [-0.39, 0.29) is 34.2 Å². The molecular formula is C20H29N10O21P4+. The number of nitrogen functional groups attached to an aromatic ring is 2. The second-order valence-electron chi connectivity index (χ2n) is 11.4. The normalized spacial score (nSPS) is 30.3. The van der Waals surface area contributed by atoms with Gasteiger partial charge in [-0.2, -0.15) is 17.9 Å². The zero-order chi connectivity index (χ0) is 40.4. The first-order chi connectivity index (χ1) is 25.5. The van der Waals surface area contributed by atoms with Crippen LogP contribution < -0.4 is 27.2 Å². The highest BCUT2D eigenvalue weighted by Crippen LogP contribution is 2.71. The number of fused-ring (bicyclic) bond motifs is 2. The SMILES string of the molecule is Nc1nc2c(ncn2C2OC(COP(=O)(O)OP(=O)(O)OP(=O)(O)OP(=O)(O)OCC3OC([n+]4c[nH]c5c(=O)[nH]c(N)nc54)C(O)C3O)C(O)C2O)c(=O)[nH]1. The number of nitrogens with one attached hydrogen (secondary N) is 3. The first kappa shape index (κ1) is 41.3. The van der Waals surface area contributed by atoms with Crippen LogP contribution in [0.3, 0.4) is 0 Å². The summed E-state index contributed by atoms with van der Waals surface area (Å²) in [6, 6.07) is 0. The number of rotatable bonds is 14. The van der Waals surface area contributed by atoms with E-state index in [1.54, 1.807) is 0 Å². The number of nitrogens with zero attached hydrogens (tertiary/aromatic N) is 5. The van der Waals surface area contributed by atoms with Crippen LogP contribution >= 0.6 is 31.3 Å². The van der Waals surface area contributed by atoms with E-state index in [0.29, 0.717) is 0 Å². The molecular weight excluding hydrogens is 840 g/mol. The van der Waals surface area contributed by atoms with E-state index in [1.165, 1.54) is 0 Å². The fourth-order valence-electron chi connectivity index (χ4n) is 5.31. The van der Waals surface area contributed by atoms with Crippen molar-refractivity contribution in [3.63, 3.8) is 0 Å². The zero-order valence-corrected chi connectivity index (χ0v) is 30.3. The van der Waals surface area contributed by atoms with Gasteiger partial charge in [0.25, 0.3) is 17.1 Å². The molecule has 0 spiro atoms. The van der Waals surface area contributed by atoms with E-state index in [9.17, 15) is 67.8 Å². The van der Waals surface area contributed by atoms with Crippen LogP contribution in [0, 0.1) is 0 Å². The van der Waals surface area contributed by atoms with Gasteiger partial charge in [-0.05, 0) is 0 Å². The van der Waals surface area contributed by atoms with E-state index >= 15 is 0 Å². The van der Waals surface area contributed by atoms with Crippen LogP contribution in [-0.4, -0.2) is 124 Å². The highest BCUT2D eigenvalue weighted by Gasteiger charge is 2.51. The summed E-state index contributed by atoms with van der Waals surface area (Å²) in [5.41, 5.74) is 8.94. The number of hydrogen-bond acceptors (Lipinski definition) is 22. The summed E-state index contributed by atoms with van der Waals surface area (Å²) in [6.45, 7) is -2.34. The maximum atomic E-state index is 12.4. The van der Waals surface area contributed by atoms with E-state index in [4.69, 9.17) is 20.9 Å². The monoisotopic (exact) mass is 869 g/mol. The summed E-state index contributed by atoms with van der Waals surface area (Å²) in [5.74, 6) is -0.659. The lowest BCUT2D eigenvalue weighted by molar-refractivity contribution is -0.745. The molecule has 0 aliphatic carbocycles. The highest BCUT2D eigenvalue weighted by molar-refractivity contribution is 7.69. The maximum Gasteiger partial charge on any atom is 0.490 e. The van der Waals surface area contributed by atoms with E-state index < -0.39 is 105 Å². The summed E-state index contributed by atoms with van der Waals surface area (Å²) in [4.78, 5) is 82.3.